The van der Waals surface area contributed by atoms with Gasteiger partial charge in [0.2, 0.25) is 5.91 Å². The summed E-state index contributed by atoms with van der Waals surface area (Å²) in [5.74, 6) is 4.04. The molecule has 4 fully saturated rings. The van der Waals surface area contributed by atoms with Gasteiger partial charge in [-0.25, -0.2) is 0 Å². The topological polar surface area (TPSA) is 20.3 Å². The highest BCUT2D eigenvalue weighted by molar-refractivity contribution is 5.77. The number of amides is 1. The Morgan fingerprint density at radius 3 is 2.55 bits per heavy atom. The van der Waals surface area contributed by atoms with Gasteiger partial charge < -0.3 is 4.90 Å². The van der Waals surface area contributed by atoms with Crippen LogP contribution in [0.5, 0.6) is 0 Å². The molecular formula is C20H33NO. The molecule has 22 heavy (non-hydrogen) atoms. The number of hydrogen-bond donors (Lipinski definition) is 0. The lowest BCUT2D eigenvalue weighted by Crippen LogP contribution is -2.61. The van der Waals surface area contributed by atoms with Crippen LogP contribution in [0, 0.1) is 34.5 Å². The molecule has 2 nitrogen and oxygen atoms in total. The Hall–Kier alpha value is -0.530. The molecule has 3 saturated carbocycles. The molecule has 2 unspecified atom stereocenters. The Labute approximate surface area is 136 Å². The first-order valence-corrected chi connectivity index (χ1v) is 9.62. The van der Waals surface area contributed by atoms with Crippen LogP contribution in [0.3, 0.4) is 0 Å². The molecule has 0 aromatic carbocycles. The predicted molar refractivity (Wildman–Crippen MR) is 89.3 cm³/mol. The van der Waals surface area contributed by atoms with E-state index in [1.165, 1.54) is 38.5 Å². The first-order valence-electron chi connectivity index (χ1n) is 9.62. The van der Waals surface area contributed by atoms with Crippen LogP contribution in [0.4, 0.5) is 0 Å². The molecule has 1 heterocycles. The van der Waals surface area contributed by atoms with E-state index >= 15 is 0 Å². The minimum atomic E-state index is 0.384. The molecular weight excluding hydrogens is 270 g/mol. The lowest BCUT2D eigenvalue weighted by molar-refractivity contribution is -0.158. The van der Waals surface area contributed by atoms with Crippen LogP contribution in [0.15, 0.2) is 0 Å². The van der Waals surface area contributed by atoms with Crippen molar-refractivity contribution < 1.29 is 4.79 Å². The van der Waals surface area contributed by atoms with Gasteiger partial charge in [-0.1, -0.05) is 20.8 Å². The first kappa shape index (κ1) is 15.0. The summed E-state index contributed by atoms with van der Waals surface area (Å²) in [4.78, 5) is 14.3. The van der Waals surface area contributed by atoms with Crippen LogP contribution < -0.4 is 0 Å². The van der Waals surface area contributed by atoms with Crippen LogP contribution >= 0.6 is 0 Å². The smallest absolute Gasteiger partial charge is 0.222 e. The van der Waals surface area contributed by atoms with Crippen molar-refractivity contribution in [3.05, 3.63) is 0 Å². The van der Waals surface area contributed by atoms with E-state index in [0.717, 1.165) is 36.5 Å². The summed E-state index contributed by atoms with van der Waals surface area (Å²) in [5, 5.41) is 0. The van der Waals surface area contributed by atoms with Crippen LogP contribution in [0.1, 0.15) is 72.1 Å². The highest BCUT2D eigenvalue weighted by atomic mass is 16.2. The Kier molecular flexibility index (Phi) is 3.24. The first-order chi connectivity index (χ1) is 10.4. The summed E-state index contributed by atoms with van der Waals surface area (Å²) >= 11 is 0. The summed E-state index contributed by atoms with van der Waals surface area (Å²) in [7, 11) is 2.07. The van der Waals surface area contributed by atoms with Crippen LogP contribution in [0.25, 0.3) is 0 Å². The number of hydrogen-bond acceptors (Lipinski definition) is 1. The molecule has 1 amide bonds. The average Bonchev–Trinajstić information content (AvgIpc) is 2.79. The zero-order valence-electron chi connectivity index (χ0n) is 14.9. The Morgan fingerprint density at radius 1 is 1.05 bits per heavy atom. The van der Waals surface area contributed by atoms with Gasteiger partial charge in [0, 0.05) is 19.5 Å². The second-order valence-electron chi connectivity index (χ2n) is 9.61. The van der Waals surface area contributed by atoms with E-state index in [9.17, 15) is 4.79 Å². The fraction of sp³-hybridized carbons (Fsp3) is 0.950. The molecule has 7 atom stereocenters. The molecule has 0 radical (unpaired) electrons. The van der Waals surface area contributed by atoms with Crippen molar-refractivity contribution >= 4 is 5.91 Å². The number of likely N-dealkylation sites (tertiary alicyclic amines) is 1. The molecule has 4 aliphatic rings. The minimum absolute atomic E-state index is 0.384. The molecule has 1 saturated heterocycles. The van der Waals surface area contributed by atoms with Gasteiger partial charge in [-0.3, -0.25) is 4.79 Å². The number of nitrogens with zero attached hydrogens (tertiary/aromatic N) is 1. The van der Waals surface area contributed by atoms with Gasteiger partial charge in [0.1, 0.15) is 0 Å². The zero-order chi connectivity index (χ0) is 15.7. The quantitative estimate of drug-likeness (QED) is 0.646. The average molecular weight is 303 g/mol. The van der Waals surface area contributed by atoms with E-state index in [2.05, 4.69) is 32.7 Å². The molecule has 4 rings (SSSR count). The van der Waals surface area contributed by atoms with Gasteiger partial charge in [0.25, 0.3) is 0 Å². The summed E-state index contributed by atoms with van der Waals surface area (Å²) < 4.78 is 0. The van der Waals surface area contributed by atoms with Gasteiger partial charge in [0.05, 0.1) is 0 Å². The van der Waals surface area contributed by atoms with Crippen LogP contribution in [-0.4, -0.2) is 23.9 Å². The van der Waals surface area contributed by atoms with Crippen molar-refractivity contribution in [2.45, 2.75) is 78.2 Å². The van der Waals surface area contributed by atoms with Crippen molar-refractivity contribution in [1.29, 1.82) is 0 Å². The summed E-state index contributed by atoms with van der Waals surface area (Å²) in [6.45, 7) is 7.63. The third-order valence-corrected chi connectivity index (χ3v) is 8.71. The Morgan fingerprint density at radius 2 is 1.77 bits per heavy atom. The third-order valence-electron chi connectivity index (χ3n) is 8.71. The van der Waals surface area contributed by atoms with E-state index in [1.807, 2.05) is 0 Å². The van der Waals surface area contributed by atoms with Crippen molar-refractivity contribution in [3.8, 4) is 0 Å². The molecule has 2 heteroatoms. The Bertz CT molecular complexity index is 488. The lowest BCUT2D eigenvalue weighted by Gasteiger charge is -2.61. The van der Waals surface area contributed by atoms with Crippen molar-refractivity contribution in [2.75, 3.05) is 7.05 Å². The SMILES string of the molecule is CC1CC[C@@]2(C)CC[C@@H]3[C@@H](CCC4N(C)C(=O)CC[C@@]43C)[C@H]12. The molecule has 0 aromatic rings. The molecule has 3 aliphatic carbocycles. The highest BCUT2D eigenvalue weighted by Crippen LogP contribution is 2.65. The standard InChI is InChI=1S/C20H33NO/c1-13-7-10-19(2)11-8-15-14(18(13)19)5-6-16-20(15,3)12-9-17(22)21(16)4/h13-16,18H,5-12H2,1-4H3/t13?,14-,15-,16?,18+,19+,20-/m1/s1. The van der Waals surface area contributed by atoms with Crippen LogP contribution in [0.2, 0.25) is 0 Å². The largest absolute Gasteiger partial charge is 0.342 e. The fourth-order valence-corrected chi connectivity index (χ4v) is 7.61. The normalized spacial score (nSPS) is 54.6. The highest BCUT2D eigenvalue weighted by Gasteiger charge is 2.60. The monoisotopic (exact) mass is 303 g/mol. The molecule has 1 aliphatic heterocycles. The maximum Gasteiger partial charge on any atom is 0.222 e. The van der Waals surface area contributed by atoms with Gasteiger partial charge in [0.15, 0.2) is 0 Å². The van der Waals surface area contributed by atoms with Gasteiger partial charge in [-0.05, 0) is 79.4 Å². The van der Waals surface area contributed by atoms with Crippen LogP contribution in [-0.2, 0) is 4.79 Å². The van der Waals surface area contributed by atoms with Crippen molar-refractivity contribution in [1.82, 2.24) is 4.90 Å². The number of rotatable bonds is 0. The van der Waals surface area contributed by atoms with E-state index in [0.29, 0.717) is 22.8 Å². The summed E-state index contributed by atoms with van der Waals surface area (Å²) in [5.41, 5.74) is 1.01. The maximum atomic E-state index is 12.2. The predicted octanol–water partition coefficient (Wildman–Crippen LogP) is 4.49. The summed E-state index contributed by atoms with van der Waals surface area (Å²) in [6.07, 6.45) is 10.3. The van der Waals surface area contributed by atoms with E-state index < -0.39 is 0 Å². The molecule has 0 bridgehead atoms. The molecule has 0 N–H and O–H groups in total. The van der Waals surface area contributed by atoms with Gasteiger partial charge >= 0.3 is 0 Å². The van der Waals surface area contributed by atoms with E-state index in [1.54, 1.807) is 0 Å². The second-order valence-corrected chi connectivity index (χ2v) is 9.61. The van der Waals surface area contributed by atoms with E-state index in [4.69, 9.17) is 0 Å². The number of carbonyl (C=O) groups excluding carboxylic acids is 1. The fourth-order valence-electron chi connectivity index (χ4n) is 7.61. The number of piperidine rings is 1. The second kappa shape index (κ2) is 4.74. The zero-order valence-corrected chi connectivity index (χ0v) is 14.9. The van der Waals surface area contributed by atoms with E-state index in [-0.39, 0.29) is 0 Å². The number of carbonyl (C=O) groups is 1. The number of fused-ring (bicyclic) bond motifs is 5. The summed E-state index contributed by atoms with van der Waals surface area (Å²) in [6, 6.07) is 0.510. The van der Waals surface area contributed by atoms with Crippen molar-refractivity contribution in [3.63, 3.8) is 0 Å². The lowest BCUT2D eigenvalue weighted by atomic mass is 9.47. The molecule has 0 spiro atoms. The van der Waals surface area contributed by atoms with Crippen molar-refractivity contribution in [2.24, 2.45) is 34.5 Å². The Balaban J connectivity index is 1.67. The van der Waals surface area contributed by atoms with Gasteiger partial charge in [-0.2, -0.15) is 0 Å². The third kappa shape index (κ3) is 1.82. The minimum Gasteiger partial charge on any atom is -0.342 e. The van der Waals surface area contributed by atoms with Gasteiger partial charge in [-0.15, -0.1) is 0 Å². The maximum absolute atomic E-state index is 12.2. The molecule has 0 aromatic heterocycles. The molecule has 124 valence electrons.